The van der Waals surface area contributed by atoms with E-state index < -0.39 is 22.7 Å². The molecule has 1 amide bonds. The van der Waals surface area contributed by atoms with E-state index in [1.54, 1.807) is 6.92 Å². The smallest absolute Gasteiger partial charge is 0.307 e. The molecule has 5 aliphatic carbocycles. The fraction of sp³-hybridized carbons (Fsp3) is 0.864. The number of esters is 1. The minimum Gasteiger partial charge on any atom is -0.456 e. The summed E-state index contributed by atoms with van der Waals surface area (Å²) in [4.78, 5) is 47.0. The molecule has 5 aliphatic rings. The van der Waals surface area contributed by atoms with Gasteiger partial charge in [-0.2, -0.15) is 0 Å². The molecule has 0 aromatic heterocycles. The quantitative estimate of drug-likeness (QED) is 0.366. The molecule has 0 aromatic carbocycles. The minimum absolute atomic E-state index is 0.121. The van der Waals surface area contributed by atoms with Gasteiger partial charge in [0.25, 0.3) is 5.91 Å². The van der Waals surface area contributed by atoms with Crippen molar-refractivity contribution in [3.8, 4) is 0 Å². The lowest BCUT2D eigenvalue weighted by Gasteiger charge is -2.56. The first-order valence-electron chi connectivity index (χ1n) is 11.3. The van der Waals surface area contributed by atoms with Crippen molar-refractivity contribution in [1.29, 1.82) is 0 Å². The zero-order valence-corrected chi connectivity index (χ0v) is 17.6. The molecule has 8 heteroatoms. The van der Waals surface area contributed by atoms with E-state index in [2.05, 4.69) is 5.32 Å². The molecule has 0 aliphatic heterocycles. The summed E-state index contributed by atoms with van der Waals surface area (Å²) in [5.74, 6) is 0.0888. The van der Waals surface area contributed by atoms with Crippen molar-refractivity contribution in [2.75, 3.05) is 19.7 Å². The second-order valence-electron chi connectivity index (χ2n) is 10.5. The Morgan fingerprint density at radius 3 is 2.33 bits per heavy atom. The van der Waals surface area contributed by atoms with Crippen molar-refractivity contribution in [1.82, 2.24) is 5.32 Å². The van der Waals surface area contributed by atoms with Crippen LogP contribution < -0.4 is 5.32 Å². The van der Waals surface area contributed by atoms with Gasteiger partial charge in [0.15, 0.2) is 6.61 Å². The van der Waals surface area contributed by atoms with Crippen LogP contribution in [0.5, 0.6) is 0 Å². The van der Waals surface area contributed by atoms with Crippen LogP contribution in [-0.4, -0.2) is 42.3 Å². The number of carbonyl (C=O) groups is 3. The van der Waals surface area contributed by atoms with Crippen molar-refractivity contribution >= 4 is 17.7 Å². The zero-order valence-electron chi connectivity index (χ0n) is 17.6. The van der Waals surface area contributed by atoms with Crippen LogP contribution in [0, 0.1) is 51.0 Å². The molecule has 166 valence electrons. The summed E-state index contributed by atoms with van der Waals surface area (Å²) in [5.41, 5.74) is 0.219. The van der Waals surface area contributed by atoms with Crippen LogP contribution in [0.2, 0.25) is 0 Å². The predicted molar refractivity (Wildman–Crippen MR) is 107 cm³/mol. The lowest BCUT2D eigenvalue weighted by molar-refractivity contribution is -0.490. The summed E-state index contributed by atoms with van der Waals surface area (Å²) < 4.78 is 5.10. The number of nitrogens with zero attached hydrogens (tertiary/aromatic N) is 1. The first-order valence-corrected chi connectivity index (χ1v) is 11.3. The molecular weight excluding hydrogens is 388 g/mol. The van der Waals surface area contributed by atoms with Gasteiger partial charge in [0.1, 0.15) is 5.78 Å². The lowest BCUT2D eigenvalue weighted by Crippen LogP contribution is -2.51. The highest BCUT2D eigenvalue weighted by Crippen LogP contribution is 2.59. The SMILES string of the molecule is C[C@H]1CC(=O)[C@H](CC(=O)OCC(=O)NCC23CC4CC(CC(C4)C2)C3)[C@@H]1C[N+](=O)[O-]. The van der Waals surface area contributed by atoms with E-state index in [-0.39, 0.29) is 49.0 Å². The Bertz CT molecular complexity index is 700. The minimum atomic E-state index is -0.687. The normalized spacial score (nSPS) is 39.2. The predicted octanol–water partition coefficient (Wildman–Crippen LogP) is 2.37. The summed E-state index contributed by atoms with van der Waals surface area (Å²) >= 11 is 0. The van der Waals surface area contributed by atoms with Crippen molar-refractivity contribution in [3.05, 3.63) is 10.1 Å². The monoisotopic (exact) mass is 420 g/mol. The van der Waals surface area contributed by atoms with Gasteiger partial charge in [-0.05, 0) is 67.6 Å². The maximum absolute atomic E-state index is 12.3. The van der Waals surface area contributed by atoms with E-state index in [1.807, 2.05) is 0 Å². The number of ether oxygens (including phenoxy) is 1. The lowest BCUT2D eigenvalue weighted by atomic mass is 9.49. The van der Waals surface area contributed by atoms with Crippen LogP contribution in [0.15, 0.2) is 0 Å². The van der Waals surface area contributed by atoms with Gasteiger partial charge >= 0.3 is 5.97 Å². The summed E-state index contributed by atoms with van der Waals surface area (Å²) in [6.07, 6.45) is 7.69. The van der Waals surface area contributed by atoms with Crippen LogP contribution >= 0.6 is 0 Å². The van der Waals surface area contributed by atoms with Crippen LogP contribution in [0.3, 0.4) is 0 Å². The van der Waals surface area contributed by atoms with Gasteiger partial charge in [-0.3, -0.25) is 24.5 Å². The van der Waals surface area contributed by atoms with Gasteiger partial charge in [-0.25, -0.2) is 0 Å². The molecule has 3 atom stereocenters. The summed E-state index contributed by atoms with van der Waals surface area (Å²) in [6, 6.07) is 0. The van der Waals surface area contributed by atoms with Crippen molar-refractivity contribution in [3.63, 3.8) is 0 Å². The topological polar surface area (TPSA) is 116 Å². The number of hydrogen-bond acceptors (Lipinski definition) is 6. The Morgan fingerprint density at radius 1 is 1.17 bits per heavy atom. The third-order valence-electron chi connectivity index (χ3n) is 8.12. The molecule has 5 fully saturated rings. The first-order chi connectivity index (χ1) is 14.2. The average molecular weight is 421 g/mol. The number of amides is 1. The second-order valence-corrected chi connectivity index (χ2v) is 10.5. The molecule has 5 saturated carbocycles. The third-order valence-corrected chi connectivity index (χ3v) is 8.12. The Kier molecular flexibility index (Phi) is 5.86. The van der Waals surface area contributed by atoms with Crippen molar-refractivity contribution in [2.45, 2.75) is 58.3 Å². The van der Waals surface area contributed by atoms with E-state index in [9.17, 15) is 24.5 Å². The van der Waals surface area contributed by atoms with Gasteiger partial charge in [-0.15, -0.1) is 0 Å². The second kappa shape index (κ2) is 8.27. The van der Waals surface area contributed by atoms with Gasteiger partial charge in [0, 0.05) is 29.7 Å². The summed E-state index contributed by atoms with van der Waals surface area (Å²) in [7, 11) is 0. The van der Waals surface area contributed by atoms with E-state index >= 15 is 0 Å². The molecular formula is C22H32N2O6. The molecule has 0 aromatic rings. The van der Waals surface area contributed by atoms with Crippen LogP contribution in [0.4, 0.5) is 0 Å². The number of nitrogens with one attached hydrogen (secondary N) is 1. The standard InChI is InChI=1S/C22H32N2O6/c1-13-2-19(25)17(18(13)10-24(28)29)6-21(27)30-11-20(26)23-12-22-7-14-3-15(8-22)5-16(4-14)9-22/h13-18H,2-12H2,1H3,(H,23,26)/t13-,14?,15?,16?,17+,18+,22?/m0/s1. The zero-order chi connectivity index (χ0) is 21.5. The van der Waals surface area contributed by atoms with E-state index in [1.165, 1.54) is 38.5 Å². The molecule has 8 nitrogen and oxygen atoms in total. The molecule has 4 bridgehead atoms. The highest BCUT2D eigenvalue weighted by molar-refractivity contribution is 5.88. The number of Topliss-reactive ketones (excluding diaryl/α,β-unsaturated/α-hetero) is 1. The third kappa shape index (κ3) is 4.52. The van der Waals surface area contributed by atoms with Gasteiger partial charge in [-0.1, -0.05) is 6.92 Å². The number of carbonyl (C=O) groups excluding carboxylic acids is 3. The number of rotatable bonds is 8. The highest BCUT2D eigenvalue weighted by atomic mass is 16.6. The molecule has 0 spiro atoms. The van der Waals surface area contributed by atoms with Crippen LogP contribution in [-0.2, 0) is 19.1 Å². The molecule has 0 unspecified atom stereocenters. The number of hydrogen-bond donors (Lipinski definition) is 1. The largest absolute Gasteiger partial charge is 0.456 e. The van der Waals surface area contributed by atoms with E-state index in [0.717, 1.165) is 17.8 Å². The van der Waals surface area contributed by atoms with Gasteiger partial charge in [0.2, 0.25) is 6.54 Å². The molecule has 30 heavy (non-hydrogen) atoms. The van der Waals surface area contributed by atoms with E-state index in [4.69, 9.17) is 4.74 Å². The Hall–Kier alpha value is -1.99. The summed E-state index contributed by atoms with van der Waals surface area (Å²) in [6.45, 7) is 1.77. The fourth-order valence-electron chi connectivity index (χ4n) is 7.23. The Balaban J connectivity index is 1.22. The molecule has 1 N–H and O–H groups in total. The number of ketones is 1. The molecule has 0 radical (unpaired) electrons. The van der Waals surface area contributed by atoms with Gasteiger partial charge in [0.05, 0.1) is 6.42 Å². The van der Waals surface area contributed by atoms with Crippen molar-refractivity contribution in [2.24, 2.45) is 40.9 Å². The molecule has 5 rings (SSSR count). The molecule has 0 heterocycles. The number of nitro groups is 1. The Morgan fingerprint density at radius 2 is 1.77 bits per heavy atom. The molecule has 0 saturated heterocycles. The fourth-order valence-corrected chi connectivity index (χ4v) is 7.23. The highest BCUT2D eigenvalue weighted by Gasteiger charge is 2.50. The Labute approximate surface area is 176 Å². The maximum atomic E-state index is 12.3. The van der Waals surface area contributed by atoms with Crippen LogP contribution in [0.25, 0.3) is 0 Å². The summed E-state index contributed by atoms with van der Waals surface area (Å²) in [5, 5.41) is 13.8. The van der Waals surface area contributed by atoms with Crippen molar-refractivity contribution < 1.29 is 24.0 Å². The maximum Gasteiger partial charge on any atom is 0.307 e. The average Bonchev–Trinajstić information content (AvgIpc) is 2.90. The van der Waals surface area contributed by atoms with Gasteiger partial charge < -0.3 is 10.1 Å². The first kappa shape index (κ1) is 21.2. The van der Waals surface area contributed by atoms with E-state index in [0.29, 0.717) is 6.54 Å². The van der Waals surface area contributed by atoms with Crippen LogP contribution in [0.1, 0.15) is 58.3 Å².